The first-order chi connectivity index (χ1) is 9.76. The molecule has 1 aromatic carbocycles. The number of aliphatic imine (C=N–C) groups is 1. The van der Waals surface area contributed by atoms with Crippen molar-refractivity contribution in [2.45, 2.75) is 31.6 Å². The molecule has 2 rings (SSSR count). The third-order valence-corrected chi connectivity index (χ3v) is 4.47. The van der Waals surface area contributed by atoms with Crippen LogP contribution in [0.15, 0.2) is 23.2 Å². The Bertz CT molecular complexity index is 477. The molecule has 1 atom stereocenters. The van der Waals surface area contributed by atoms with Gasteiger partial charge in [-0.15, -0.1) is 0 Å². The Morgan fingerprint density at radius 1 is 1.35 bits per heavy atom. The molecule has 0 bridgehead atoms. The van der Waals surface area contributed by atoms with E-state index in [9.17, 15) is 0 Å². The Hall–Kier alpha value is -1.36. The molecule has 1 N–H and O–H groups in total. The summed E-state index contributed by atoms with van der Waals surface area (Å²) in [6.07, 6.45) is 2.44. The van der Waals surface area contributed by atoms with E-state index in [1.165, 1.54) is 12.8 Å². The molecule has 0 spiro atoms. The van der Waals surface area contributed by atoms with Gasteiger partial charge in [0.25, 0.3) is 0 Å². The summed E-state index contributed by atoms with van der Waals surface area (Å²) >= 11 is 1.85. The van der Waals surface area contributed by atoms with E-state index in [0.29, 0.717) is 5.25 Å². The van der Waals surface area contributed by atoms with Gasteiger partial charge in [-0.2, -0.15) is 0 Å². The van der Waals surface area contributed by atoms with E-state index in [4.69, 9.17) is 9.47 Å². The number of hydrogen-bond acceptors (Lipinski definition) is 5. The van der Waals surface area contributed by atoms with Crippen molar-refractivity contribution < 1.29 is 9.47 Å². The monoisotopic (exact) mass is 294 g/mol. The average molecular weight is 294 g/mol. The Balaban J connectivity index is 1.91. The number of nitrogens with zero attached hydrogens (tertiary/aromatic N) is 1. The molecule has 1 aliphatic rings. The molecule has 0 saturated carbocycles. The molecule has 1 heterocycles. The minimum Gasteiger partial charge on any atom is -0.497 e. The van der Waals surface area contributed by atoms with E-state index in [-0.39, 0.29) is 0 Å². The van der Waals surface area contributed by atoms with Crippen molar-refractivity contribution in [1.82, 2.24) is 5.32 Å². The highest BCUT2D eigenvalue weighted by atomic mass is 32.2. The summed E-state index contributed by atoms with van der Waals surface area (Å²) in [5.74, 6) is 1.65. The van der Waals surface area contributed by atoms with Crippen molar-refractivity contribution >= 4 is 16.9 Å². The van der Waals surface area contributed by atoms with Crippen LogP contribution < -0.4 is 14.8 Å². The SMILES string of the molecule is CCCC1CN=C(NCc2ccc(OC)cc2OC)S1. The van der Waals surface area contributed by atoms with Gasteiger partial charge in [-0.3, -0.25) is 4.99 Å². The summed E-state index contributed by atoms with van der Waals surface area (Å²) in [6, 6.07) is 5.87. The van der Waals surface area contributed by atoms with Gasteiger partial charge < -0.3 is 14.8 Å². The van der Waals surface area contributed by atoms with E-state index < -0.39 is 0 Å². The quantitative estimate of drug-likeness (QED) is 0.875. The van der Waals surface area contributed by atoms with Gasteiger partial charge in [-0.05, 0) is 18.6 Å². The fraction of sp³-hybridized carbons (Fsp3) is 0.533. The molecular weight excluding hydrogens is 272 g/mol. The van der Waals surface area contributed by atoms with Crippen LogP contribution in [-0.2, 0) is 6.54 Å². The second kappa shape index (κ2) is 7.43. The van der Waals surface area contributed by atoms with Crippen LogP contribution in [0.3, 0.4) is 0 Å². The summed E-state index contributed by atoms with van der Waals surface area (Å²) in [5, 5.41) is 5.07. The Morgan fingerprint density at radius 3 is 2.90 bits per heavy atom. The van der Waals surface area contributed by atoms with Crippen molar-refractivity contribution in [3.63, 3.8) is 0 Å². The number of ether oxygens (including phenoxy) is 2. The minimum atomic E-state index is 0.639. The summed E-state index contributed by atoms with van der Waals surface area (Å²) in [7, 11) is 3.34. The highest BCUT2D eigenvalue weighted by Gasteiger charge is 2.18. The molecule has 4 nitrogen and oxygen atoms in total. The highest BCUT2D eigenvalue weighted by molar-refractivity contribution is 8.14. The second-order valence-corrected chi connectivity index (χ2v) is 5.99. The lowest BCUT2D eigenvalue weighted by atomic mass is 10.2. The van der Waals surface area contributed by atoms with Gasteiger partial charge in [0.05, 0.1) is 20.8 Å². The van der Waals surface area contributed by atoms with Crippen LogP contribution in [0.25, 0.3) is 0 Å². The lowest BCUT2D eigenvalue weighted by Gasteiger charge is -2.12. The first-order valence-electron chi connectivity index (χ1n) is 6.92. The number of rotatable bonds is 6. The van der Waals surface area contributed by atoms with Crippen LogP contribution >= 0.6 is 11.8 Å². The lowest BCUT2D eigenvalue weighted by molar-refractivity contribution is 0.390. The molecule has 20 heavy (non-hydrogen) atoms. The number of nitrogens with one attached hydrogen (secondary N) is 1. The number of thioether (sulfide) groups is 1. The van der Waals surface area contributed by atoms with Crippen LogP contribution in [0, 0.1) is 0 Å². The molecule has 0 radical (unpaired) electrons. The summed E-state index contributed by atoms with van der Waals surface area (Å²) in [5.41, 5.74) is 1.11. The van der Waals surface area contributed by atoms with Gasteiger partial charge in [-0.25, -0.2) is 0 Å². The molecule has 1 aromatic rings. The molecule has 1 aliphatic heterocycles. The van der Waals surface area contributed by atoms with Crippen LogP contribution in [0.5, 0.6) is 11.5 Å². The van der Waals surface area contributed by atoms with Crippen LogP contribution in [-0.4, -0.2) is 31.2 Å². The van der Waals surface area contributed by atoms with Crippen LogP contribution in [0.1, 0.15) is 25.3 Å². The van der Waals surface area contributed by atoms with Crippen LogP contribution in [0.4, 0.5) is 0 Å². The second-order valence-electron chi connectivity index (χ2n) is 4.71. The summed E-state index contributed by atoms with van der Waals surface area (Å²) < 4.78 is 10.6. The first kappa shape index (κ1) is 15.0. The van der Waals surface area contributed by atoms with E-state index in [0.717, 1.165) is 35.3 Å². The third-order valence-electron chi connectivity index (χ3n) is 3.25. The minimum absolute atomic E-state index is 0.639. The zero-order valence-corrected chi connectivity index (χ0v) is 13.1. The smallest absolute Gasteiger partial charge is 0.157 e. The lowest BCUT2D eigenvalue weighted by Crippen LogP contribution is -2.19. The Kier molecular flexibility index (Phi) is 5.59. The molecule has 110 valence electrons. The molecular formula is C15H22N2O2S. The van der Waals surface area contributed by atoms with Crippen molar-refractivity contribution in [3.8, 4) is 11.5 Å². The Labute approximate surface area is 125 Å². The summed E-state index contributed by atoms with van der Waals surface area (Å²) in [4.78, 5) is 4.54. The van der Waals surface area contributed by atoms with Gasteiger partial charge in [0.2, 0.25) is 0 Å². The fourth-order valence-electron chi connectivity index (χ4n) is 2.16. The predicted molar refractivity (Wildman–Crippen MR) is 85.0 cm³/mol. The molecule has 5 heteroatoms. The zero-order valence-electron chi connectivity index (χ0n) is 12.3. The van der Waals surface area contributed by atoms with Crippen molar-refractivity contribution in [3.05, 3.63) is 23.8 Å². The van der Waals surface area contributed by atoms with Crippen molar-refractivity contribution in [1.29, 1.82) is 0 Å². The maximum atomic E-state index is 5.40. The Morgan fingerprint density at radius 2 is 2.20 bits per heavy atom. The van der Waals surface area contributed by atoms with Gasteiger partial charge >= 0.3 is 0 Å². The molecule has 0 fully saturated rings. The molecule has 0 saturated heterocycles. The van der Waals surface area contributed by atoms with Crippen LogP contribution in [0.2, 0.25) is 0 Å². The number of benzene rings is 1. The van der Waals surface area contributed by atoms with Gasteiger partial charge in [0.1, 0.15) is 11.5 Å². The first-order valence-corrected chi connectivity index (χ1v) is 7.80. The predicted octanol–water partition coefficient (Wildman–Crippen LogP) is 3.06. The van der Waals surface area contributed by atoms with E-state index in [1.807, 2.05) is 30.0 Å². The third kappa shape index (κ3) is 3.82. The molecule has 0 amide bonds. The van der Waals surface area contributed by atoms with E-state index in [1.54, 1.807) is 14.2 Å². The molecule has 0 aromatic heterocycles. The number of hydrogen-bond donors (Lipinski definition) is 1. The maximum Gasteiger partial charge on any atom is 0.157 e. The number of methoxy groups -OCH3 is 2. The van der Waals surface area contributed by atoms with Crippen molar-refractivity contribution in [2.24, 2.45) is 4.99 Å². The molecule has 0 aliphatic carbocycles. The zero-order chi connectivity index (χ0) is 14.4. The maximum absolute atomic E-state index is 5.40. The van der Waals surface area contributed by atoms with Gasteiger partial charge in [0.15, 0.2) is 5.17 Å². The normalized spacial score (nSPS) is 17.8. The molecule has 1 unspecified atom stereocenters. The highest BCUT2D eigenvalue weighted by Crippen LogP contribution is 2.26. The van der Waals surface area contributed by atoms with E-state index in [2.05, 4.69) is 17.2 Å². The largest absolute Gasteiger partial charge is 0.497 e. The standard InChI is InChI=1S/C15H22N2O2S/c1-4-5-13-10-17-15(20-13)16-9-11-6-7-12(18-2)8-14(11)19-3/h6-8,13H,4-5,9-10H2,1-3H3,(H,16,17). The topological polar surface area (TPSA) is 42.9 Å². The van der Waals surface area contributed by atoms with Gasteiger partial charge in [-0.1, -0.05) is 25.1 Å². The summed E-state index contributed by atoms with van der Waals surface area (Å²) in [6.45, 7) is 3.87. The van der Waals surface area contributed by atoms with E-state index >= 15 is 0 Å². The van der Waals surface area contributed by atoms with Crippen molar-refractivity contribution in [2.75, 3.05) is 20.8 Å². The average Bonchev–Trinajstić information content (AvgIpc) is 2.93. The number of amidine groups is 1. The van der Waals surface area contributed by atoms with Gasteiger partial charge in [0, 0.05) is 23.4 Å². The fourth-order valence-corrected chi connectivity index (χ4v) is 3.28.